The van der Waals surface area contributed by atoms with Gasteiger partial charge >= 0.3 is 6.03 Å². The van der Waals surface area contributed by atoms with Gasteiger partial charge < -0.3 is 15.1 Å². The van der Waals surface area contributed by atoms with Gasteiger partial charge in [0.25, 0.3) is 5.91 Å². The predicted molar refractivity (Wildman–Crippen MR) is 131 cm³/mol. The van der Waals surface area contributed by atoms with Crippen molar-refractivity contribution in [2.24, 2.45) is 5.92 Å². The van der Waals surface area contributed by atoms with Crippen LogP contribution >= 0.6 is 11.6 Å². The molecule has 2 fully saturated rings. The van der Waals surface area contributed by atoms with Gasteiger partial charge in [-0.1, -0.05) is 18.5 Å². The highest BCUT2D eigenvalue weighted by molar-refractivity contribution is 6.31. The van der Waals surface area contributed by atoms with Crippen molar-refractivity contribution >= 4 is 29.2 Å². The molecule has 1 aromatic heterocycles. The minimum absolute atomic E-state index is 0.125. The molecule has 0 radical (unpaired) electrons. The van der Waals surface area contributed by atoms with E-state index < -0.39 is 0 Å². The second-order valence-electron chi connectivity index (χ2n) is 9.31. The Balaban J connectivity index is 1.41. The molecule has 2 aromatic rings. The van der Waals surface area contributed by atoms with Crippen molar-refractivity contribution in [1.29, 1.82) is 5.26 Å². The molecule has 34 heavy (non-hydrogen) atoms. The highest BCUT2D eigenvalue weighted by Crippen LogP contribution is 2.28. The van der Waals surface area contributed by atoms with Gasteiger partial charge in [0.1, 0.15) is 11.8 Å². The zero-order chi connectivity index (χ0) is 24.4. The smallest absolute Gasteiger partial charge is 0.320 e. The molecule has 0 unspecified atom stereocenters. The Bertz CT molecular complexity index is 1120. The number of hydrogen-bond acceptors (Lipinski definition) is 5. The van der Waals surface area contributed by atoms with Crippen LogP contribution in [0.1, 0.15) is 41.0 Å². The van der Waals surface area contributed by atoms with Gasteiger partial charge in [0.2, 0.25) is 0 Å². The first-order valence-electron chi connectivity index (χ1n) is 11.5. The third-order valence-electron chi connectivity index (χ3n) is 6.55. The van der Waals surface area contributed by atoms with Crippen LogP contribution in [0.25, 0.3) is 0 Å². The number of amides is 3. The predicted octanol–water partition coefficient (Wildman–Crippen LogP) is 3.75. The number of benzene rings is 1. The number of pyridine rings is 1. The summed E-state index contributed by atoms with van der Waals surface area (Å²) in [7, 11) is 0. The second kappa shape index (κ2) is 10.00. The Morgan fingerprint density at radius 2 is 1.97 bits per heavy atom. The molecule has 0 aliphatic carbocycles. The maximum atomic E-state index is 12.8. The molecule has 3 heterocycles. The van der Waals surface area contributed by atoms with Crippen LogP contribution in [-0.4, -0.2) is 70.4 Å². The molecule has 0 saturated carbocycles. The molecule has 9 heteroatoms. The van der Waals surface area contributed by atoms with E-state index in [9.17, 15) is 9.59 Å². The second-order valence-corrected chi connectivity index (χ2v) is 9.74. The van der Waals surface area contributed by atoms with E-state index in [0.29, 0.717) is 35.3 Å². The minimum Gasteiger partial charge on any atom is -0.324 e. The zero-order valence-electron chi connectivity index (χ0n) is 19.7. The maximum absolute atomic E-state index is 12.8. The molecular weight excluding hydrogens is 452 g/mol. The fourth-order valence-electron chi connectivity index (χ4n) is 4.56. The fourth-order valence-corrected chi connectivity index (χ4v) is 4.80. The molecule has 1 N–H and O–H groups in total. The normalized spacial score (nSPS) is 18.9. The number of nitriles is 1. The summed E-state index contributed by atoms with van der Waals surface area (Å²) >= 11 is 6.39. The van der Waals surface area contributed by atoms with Crippen molar-refractivity contribution < 1.29 is 9.59 Å². The molecule has 2 saturated heterocycles. The summed E-state index contributed by atoms with van der Waals surface area (Å²) in [6.07, 6.45) is 1.39. The number of halogens is 1. The lowest BCUT2D eigenvalue weighted by Gasteiger charge is -2.46. The van der Waals surface area contributed by atoms with E-state index in [1.165, 1.54) is 12.3 Å². The minimum atomic E-state index is -0.311. The summed E-state index contributed by atoms with van der Waals surface area (Å²) in [6.45, 7) is 10.9. The highest BCUT2D eigenvalue weighted by atomic mass is 35.5. The van der Waals surface area contributed by atoms with Crippen LogP contribution < -0.4 is 5.32 Å². The Labute approximate surface area is 205 Å². The van der Waals surface area contributed by atoms with E-state index in [1.807, 2.05) is 28.9 Å². The van der Waals surface area contributed by atoms with E-state index >= 15 is 0 Å². The number of hydrogen-bond donors (Lipinski definition) is 1. The number of anilines is 1. The standard InChI is InChI=1S/C25H29ClN6O2/c1-16-12-31(13-16)25(34)32-7-6-30(14-17(32)2)15-20-8-21(26)9-23(18(20)3)29-24(33)19-4-5-22(10-27)28-11-19/h4-5,8-9,11,16-17H,6-7,12-15H2,1-3H3,(H,29,33)/t17-/m0/s1. The topological polar surface area (TPSA) is 92.6 Å². The maximum Gasteiger partial charge on any atom is 0.320 e. The van der Waals surface area contributed by atoms with Gasteiger partial charge in [-0.15, -0.1) is 0 Å². The molecule has 1 aromatic carbocycles. The van der Waals surface area contributed by atoms with Gasteiger partial charge in [0.05, 0.1) is 5.56 Å². The molecule has 0 bridgehead atoms. The van der Waals surface area contributed by atoms with Crippen molar-refractivity contribution in [3.05, 3.63) is 57.9 Å². The first-order chi connectivity index (χ1) is 16.2. The van der Waals surface area contributed by atoms with Crippen molar-refractivity contribution in [1.82, 2.24) is 19.7 Å². The van der Waals surface area contributed by atoms with Crippen molar-refractivity contribution in [3.8, 4) is 6.07 Å². The lowest BCUT2D eigenvalue weighted by molar-refractivity contribution is 0.0525. The van der Waals surface area contributed by atoms with Gasteiger partial charge in [-0.25, -0.2) is 9.78 Å². The van der Waals surface area contributed by atoms with E-state index in [0.717, 1.165) is 37.3 Å². The van der Waals surface area contributed by atoms with Gasteiger partial charge in [-0.05, 0) is 55.2 Å². The molecule has 2 aliphatic heterocycles. The summed E-state index contributed by atoms with van der Waals surface area (Å²) < 4.78 is 0. The average molecular weight is 481 g/mol. The fraction of sp³-hybridized carbons (Fsp3) is 0.440. The monoisotopic (exact) mass is 480 g/mol. The number of likely N-dealkylation sites (tertiary alicyclic amines) is 1. The van der Waals surface area contributed by atoms with E-state index in [2.05, 4.69) is 29.0 Å². The van der Waals surface area contributed by atoms with Crippen LogP contribution in [0, 0.1) is 24.2 Å². The van der Waals surface area contributed by atoms with Crippen LogP contribution in [-0.2, 0) is 6.54 Å². The summed E-state index contributed by atoms with van der Waals surface area (Å²) in [6, 6.07) is 8.97. The number of carbonyl (C=O) groups excluding carboxylic acids is 2. The van der Waals surface area contributed by atoms with Gasteiger partial charge in [-0.2, -0.15) is 5.26 Å². The number of piperazine rings is 1. The van der Waals surface area contributed by atoms with Gasteiger partial charge in [0.15, 0.2) is 0 Å². The zero-order valence-corrected chi connectivity index (χ0v) is 20.5. The first-order valence-corrected chi connectivity index (χ1v) is 11.9. The quantitative estimate of drug-likeness (QED) is 0.719. The molecule has 1 atom stereocenters. The number of nitrogens with zero attached hydrogens (tertiary/aromatic N) is 5. The molecule has 178 valence electrons. The number of rotatable bonds is 4. The largest absolute Gasteiger partial charge is 0.324 e. The van der Waals surface area contributed by atoms with Crippen LogP contribution in [0.3, 0.4) is 0 Å². The van der Waals surface area contributed by atoms with Crippen molar-refractivity contribution in [3.63, 3.8) is 0 Å². The number of aromatic nitrogens is 1. The van der Waals surface area contributed by atoms with Crippen LogP contribution in [0.15, 0.2) is 30.5 Å². The van der Waals surface area contributed by atoms with Crippen LogP contribution in [0.5, 0.6) is 0 Å². The first kappa shape index (κ1) is 24.0. The summed E-state index contributed by atoms with van der Waals surface area (Å²) in [4.78, 5) is 35.6. The van der Waals surface area contributed by atoms with Crippen molar-refractivity contribution in [2.45, 2.75) is 33.4 Å². The lowest BCUT2D eigenvalue weighted by atomic mass is 10.0. The molecule has 8 nitrogen and oxygen atoms in total. The van der Waals surface area contributed by atoms with Crippen LogP contribution in [0.2, 0.25) is 5.02 Å². The Morgan fingerprint density at radius 1 is 1.21 bits per heavy atom. The van der Waals surface area contributed by atoms with Gasteiger partial charge in [-0.3, -0.25) is 9.69 Å². The number of urea groups is 1. The van der Waals surface area contributed by atoms with Crippen molar-refractivity contribution in [2.75, 3.05) is 38.0 Å². The number of nitrogens with one attached hydrogen (secondary N) is 1. The average Bonchev–Trinajstić information content (AvgIpc) is 2.79. The third kappa shape index (κ3) is 5.16. The Hall–Kier alpha value is -3.15. The Kier molecular flexibility index (Phi) is 7.05. The molecule has 4 rings (SSSR count). The number of carbonyl (C=O) groups is 2. The summed E-state index contributed by atoms with van der Waals surface area (Å²) in [5, 5.41) is 12.3. The van der Waals surface area contributed by atoms with Gasteiger partial charge in [0, 0.05) is 62.2 Å². The van der Waals surface area contributed by atoms with Crippen LogP contribution in [0.4, 0.5) is 10.5 Å². The Morgan fingerprint density at radius 3 is 2.59 bits per heavy atom. The molecular formula is C25H29ClN6O2. The van der Waals surface area contributed by atoms with E-state index in [1.54, 1.807) is 12.1 Å². The molecule has 2 aliphatic rings. The van der Waals surface area contributed by atoms with E-state index in [4.69, 9.17) is 16.9 Å². The summed E-state index contributed by atoms with van der Waals surface area (Å²) in [5.74, 6) is 0.281. The van der Waals surface area contributed by atoms with E-state index in [-0.39, 0.29) is 23.7 Å². The molecule has 0 spiro atoms. The summed E-state index contributed by atoms with van der Waals surface area (Å²) in [5.41, 5.74) is 3.24. The lowest BCUT2D eigenvalue weighted by Crippen LogP contribution is -2.60. The SMILES string of the molecule is Cc1c(CN2CCN(C(=O)N3CC(C)C3)[C@@H](C)C2)cc(Cl)cc1NC(=O)c1ccc(C#N)nc1. The highest BCUT2D eigenvalue weighted by Gasteiger charge is 2.35. The molecule has 3 amide bonds. The third-order valence-corrected chi connectivity index (χ3v) is 6.77.